The van der Waals surface area contributed by atoms with E-state index in [4.69, 9.17) is 37.9 Å². The van der Waals surface area contributed by atoms with E-state index in [0.717, 1.165) is 112 Å². The van der Waals surface area contributed by atoms with Crippen molar-refractivity contribution in [2.24, 2.45) is 4.74 Å². The summed E-state index contributed by atoms with van der Waals surface area (Å²) < 4.78 is 50.1. The molecule has 0 aliphatic carbocycles. The Morgan fingerprint density at radius 1 is 0.598 bits per heavy atom. The van der Waals surface area contributed by atoms with Gasteiger partial charge in [0.1, 0.15) is 19.5 Å². The molecule has 4 saturated heterocycles. The van der Waals surface area contributed by atoms with E-state index in [0.29, 0.717) is 74.2 Å². The van der Waals surface area contributed by atoms with Crippen LogP contribution >= 0.6 is 21.4 Å². The largest absolute Gasteiger partial charge is 1.00 e. The standard InChI is InChI=1S/C34H43N3O7.C28H30N2O6.C6H13NO2.C4H6O4.C2H3BO2.CH4NP.ClH.Na/c1-34(33(40)35-2,30(38)24-44-31-7-5-6-18-43-31)36(3)32(39)28-16-14-26(15-17-28)9-8-25-10-12-27(13-11-25)21-37-22-29(23-37)42-20-19-41-4;1-28(27(34)29-2,24(32)19-36-25-6-4-5-17-35-25)30(3)26(33)23-15-13-21(14-16-23)8-7-20-9-11-22(18-31)12-10-20;1-8-2-3-9-6-4-7-5-6;1-3(5)7-8-4(2)6;1-2(4)5-3;1-2-3;;/h10-17,29,31H,5-7,18-24H2,1-4H3,(H,35,40);9-16,18,25H,4-6,17,19H2,1-3H3,(H,29,34);6-7H,2-5H2,1H3;1-2H3;1H3;3H,1H3;1H;/q;;;;-1;;;+1/t31?,34-;25?,28-;;;;;;/m11....../s1. The Hall–Kier alpha value is -7.65. The van der Waals surface area contributed by atoms with Crippen molar-refractivity contribution in [3.63, 3.8) is 0 Å². The molecule has 0 bridgehead atoms. The van der Waals surface area contributed by atoms with Crippen LogP contribution in [0.4, 0.5) is 0 Å². The summed E-state index contributed by atoms with van der Waals surface area (Å²) in [4.78, 5) is 131. The number of amides is 4. The third-order valence-electron chi connectivity index (χ3n) is 16.2. The molecule has 4 fully saturated rings. The number of carbonyl (C=O) groups excluding carboxylic acids is 10. The van der Waals surface area contributed by atoms with Crippen LogP contribution in [0.3, 0.4) is 0 Å². The summed E-state index contributed by atoms with van der Waals surface area (Å²) in [5.41, 5.74) is 1.95. The average Bonchev–Trinajstić information content (AvgIpc) is 0.787. The minimum absolute atomic E-state index is 0. The summed E-state index contributed by atoms with van der Waals surface area (Å²) in [6, 6.07) is 28.4. The number of nitrogens with one attached hydrogen (secondary N) is 3. The molecule has 4 aliphatic heterocycles. The minimum Gasteiger partial charge on any atom is -0.793 e. The first-order chi connectivity index (χ1) is 50.3. The molecule has 4 aliphatic rings. The molecule has 4 aromatic carbocycles. The maximum atomic E-state index is 13.4. The van der Waals surface area contributed by atoms with Crippen molar-refractivity contribution in [2.75, 3.05) is 128 Å². The first-order valence-electron chi connectivity index (χ1n) is 33.8. The Morgan fingerprint density at radius 3 is 1.25 bits per heavy atom. The number of aldehydes is 1. The van der Waals surface area contributed by atoms with Crippen LogP contribution in [0, 0.1) is 23.7 Å². The number of nitrogens with zero attached hydrogens (tertiary/aromatic N) is 4. The van der Waals surface area contributed by atoms with E-state index in [-0.39, 0.29) is 61.3 Å². The van der Waals surface area contributed by atoms with E-state index in [2.05, 4.69) is 92.9 Å². The van der Waals surface area contributed by atoms with Crippen molar-refractivity contribution < 1.29 is 130 Å². The maximum Gasteiger partial charge on any atom is 1.00 e. The van der Waals surface area contributed by atoms with Gasteiger partial charge >= 0.3 is 41.5 Å². The smallest absolute Gasteiger partial charge is 0.793 e. The normalized spacial score (nSPS) is 15.8. The monoisotopic (exact) mass is 1530 g/mol. The number of hydrogen-bond donors (Lipinski definition) is 3. The fraction of sp³-hybridized carbons (Fsp3) is 0.493. The predicted octanol–water partition coefficient (Wildman–Crippen LogP) is 2.86. The summed E-state index contributed by atoms with van der Waals surface area (Å²) >= 11 is 0. The fourth-order valence-electron chi connectivity index (χ4n) is 9.64. The number of halogens is 1. The molecule has 4 atom stereocenters. The van der Waals surface area contributed by atoms with Gasteiger partial charge in [0.15, 0.2) is 35.2 Å². The molecule has 0 saturated carbocycles. The Morgan fingerprint density at radius 2 is 0.953 bits per heavy atom. The molecule has 0 spiro atoms. The first kappa shape index (κ1) is 97.4. The number of likely N-dealkylation sites (N-methyl/N-ethyl adjacent to an activating group) is 4. The summed E-state index contributed by atoms with van der Waals surface area (Å²) in [5.74, 6) is 7.32. The van der Waals surface area contributed by atoms with Gasteiger partial charge in [-0.1, -0.05) is 47.9 Å². The molecule has 8 rings (SSSR count). The number of ether oxygens (including phenoxy) is 8. The third-order valence-corrected chi connectivity index (χ3v) is 16.2. The van der Waals surface area contributed by atoms with E-state index < -0.39 is 76.8 Å². The SMILES string of the molecule is CC(=O)OOC(C)=O.CN=P.CNC(=O)[C@@](C)(C(=O)COC1CCCCO1)N(C)C(=O)c1ccc(C#Cc2ccc(C=O)cc2)cc1.CNC(=O)[C@@](C)(C(=O)COC1CCCCO1)N(C)C(=O)c1ccc(C#Cc2ccc(CN3CC(OCCOC)C3)cc2)cc1.COCCOC1CNC1.Cl.[B-]OC(C)=O.[Na+]. The maximum absolute atomic E-state index is 13.4. The van der Waals surface area contributed by atoms with Gasteiger partial charge in [-0.25, -0.2) is 19.4 Å². The molecular formula is C75H100BClN7NaO21P. The first-order valence-corrected chi connectivity index (χ1v) is 34.3. The number of methoxy groups -OCH3 is 2. The molecule has 4 amide bonds. The van der Waals surface area contributed by atoms with Gasteiger partial charge < -0.3 is 76.3 Å². The van der Waals surface area contributed by atoms with Crippen molar-refractivity contribution in [1.29, 1.82) is 0 Å². The van der Waals surface area contributed by atoms with Crippen molar-refractivity contribution >= 4 is 88.9 Å². The van der Waals surface area contributed by atoms with Crippen LogP contribution < -0.4 is 45.5 Å². The van der Waals surface area contributed by atoms with Crippen LogP contribution in [0.5, 0.6) is 0 Å². The molecule has 577 valence electrons. The van der Waals surface area contributed by atoms with Crippen LogP contribution in [0.25, 0.3) is 0 Å². The Balaban J connectivity index is 0.000000804. The van der Waals surface area contributed by atoms with Crippen LogP contribution in [0.15, 0.2) is 102 Å². The van der Waals surface area contributed by atoms with Crippen LogP contribution in [0.2, 0.25) is 0 Å². The number of carbonyl (C=O) groups is 10. The molecule has 32 heteroatoms. The van der Waals surface area contributed by atoms with E-state index in [1.807, 2.05) is 12.1 Å². The van der Waals surface area contributed by atoms with E-state index in [1.54, 1.807) is 94.1 Å². The van der Waals surface area contributed by atoms with Crippen LogP contribution in [-0.4, -0.2) is 246 Å². The van der Waals surface area contributed by atoms with Gasteiger partial charge in [0, 0.05) is 155 Å². The number of rotatable bonds is 25. The minimum atomic E-state index is -1.77. The van der Waals surface area contributed by atoms with Crippen molar-refractivity contribution in [2.45, 2.75) is 116 Å². The van der Waals surface area contributed by atoms with Crippen LogP contribution in [-0.2, 0) is 92.4 Å². The van der Waals surface area contributed by atoms with E-state index in [9.17, 15) is 47.9 Å². The quantitative estimate of drug-likeness (QED) is 0.0125. The van der Waals surface area contributed by atoms with Gasteiger partial charge in [0.05, 0.1) is 38.6 Å². The number of likely N-dealkylation sites (tertiary alicyclic amines) is 1. The molecule has 4 heterocycles. The molecular weight excluding hydrogens is 1440 g/mol. The van der Waals surface area contributed by atoms with E-state index >= 15 is 0 Å². The van der Waals surface area contributed by atoms with E-state index in [1.165, 1.54) is 54.5 Å². The van der Waals surface area contributed by atoms with Crippen molar-refractivity contribution in [3.8, 4) is 23.7 Å². The number of benzene rings is 4. The zero-order chi connectivity index (χ0) is 77.7. The molecule has 4 aromatic rings. The third kappa shape index (κ3) is 35.1. The van der Waals surface area contributed by atoms with Gasteiger partial charge in [-0.3, -0.25) is 48.0 Å². The molecule has 2 unspecified atom stereocenters. The van der Waals surface area contributed by atoms with Crippen molar-refractivity contribution in [1.82, 2.24) is 30.7 Å². The predicted molar refractivity (Wildman–Crippen MR) is 398 cm³/mol. The Kier molecular flexibility index (Phi) is 49.2. The van der Waals surface area contributed by atoms with Crippen LogP contribution in [0.1, 0.15) is 132 Å². The summed E-state index contributed by atoms with van der Waals surface area (Å²) in [7, 11) is 17.9. The van der Waals surface area contributed by atoms with Gasteiger partial charge in [-0.2, -0.15) is 0 Å². The average molecular weight is 1540 g/mol. The second-order valence-corrected chi connectivity index (χ2v) is 24.4. The summed E-state index contributed by atoms with van der Waals surface area (Å²) in [6.07, 6.45) is 5.66. The second-order valence-electron chi connectivity index (χ2n) is 24.0. The molecule has 3 N–H and O–H groups in total. The summed E-state index contributed by atoms with van der Waals surface area (Å²) in [5, 5.41) is 8.12. The summed E-state index contributed by atoms with van der Waals surface area (Å²) in [6.45, 7) is 14.2. The zero-order valence-electron chi connectivity index (χ0n) is 63.4. The Labute approximate surface area is 659 Å². The molecule has 0 aromatic heterocycles. The second kappa shape index (κ2) is 54.0. The Bertz CT molecular complexity index is 3530. The van der Waals surface area contributed by atoms with Gasteiger partial charge in [0.25, 0.3) is 23.6 Å². The van der Waals surface area contributed by atoms with Gasteiger partial charge in [-0.15, -0.1) is 12.4 Å². The molecule has 3 radical (unpaired) electrons. The molecule has 28 nitrogen and oxygen atoms in total. The fourth-order valence-corrected chi connectivity index (χ4v) is 9.64. The number of hydrogen-bond acceptors (Lipinski definition) is 24. The molecule has 107 heavy (non-hydrogen) atoms. The zero-order valence-corrected chi connectivity index (χ0v) is 67.2. The van der Waals surface area contributed by atoms with Gasteiger partial charge in [-0.05, 0) is 140 Å². The topological polar surface area (TPSA) is 330 Å². The number of Topliss-reactive ketones (excluding diaryl/α,β-unsaturated/α-hetero) is 2. The number of ketones is 2. The van der Waals surface area contributed by atoms with Gasteiger partial charge in [0.2, 0.25) is 5.97 Å². The van der Waals surface area contributed by atoms with Crippen molar-refractivity contribution in [3.05, 3.63) is 142 Å².